The van der Waals surface area contributed by atoms with Crippen LogP contribution >= 0.6 is 15.9 Å². The first-order valence-electron chi connectivity index (χ1n) is 5.94. The van der Waals surface area contributed by atoms with Crippen LogP contribution in [0.5, 0.6) is 0 Å². The van der Waals surface area contributed by atoms with Gasteiger partial charge in [0.2, 0.25) is 5.91 Å². The molecular formula is C13H15BrFNO2. The van der Waals surface area contributed by atoms with E-state index in [2.05, 4.69) is 21.2 Å². The summed E-state index contributed by atoms with van der Waals surface area (Å²) in [6.45, 7) is -0.544. The van der Waals surface area contributed by atoms with Crippen molar-refractivity contribution in [3.05, 3.63) is 34.1 Å². The first-order chi connectivity index (χ1) is 8.58. The molecule has 0 aliphatic heterocycles. The monoisotopic (exact) mass is 315 g/mol. The molecule has 1 unspecified atom stereocenters. The second-order valence-electron chi connectivity index (χ2n) is 4.66. The third-order valence-electron chi connectivity index (χ3n) is 3.03. The number of benzene rings is 1. The Kier molecular flexibility index (Phi) is 4.35. The molecule has 1 fully saturated rings. The molecule has 1 aliphatic rings. The smallest absolute Gasteiger partial charge is 0.246 e. The van der Waals surface area contributed by atoms with Crippen LogP contribution < -0.4 is 5.32 Å². The molecule has 18 heavy (non-hydrogen) atoms. The molecule has 0 radical (unpaired) electrons. The maximum Gasteiger partial charge on any atom is 0.246 e. The highest BCUT2D eigenvalue weighted by Gasteiger charge is 2.27. The zero-order valence-electron chi connectivity index (χ0n) is 9.83. The number of nitrogens with one attached hydrogen (secondary N) is 1. The Hall–Kier alpha value is -0.940. The van der Waals surface area contributed by atoms with Crippen LogP contribution in [0.4, 0.5) is 4.39 Å². The Labute approximate surface area is 114 Å². The Morgan fingerprint density at radius 3 is 2.78 bits per heavy atom. The van der Waals surface area contributed by atoms with Gasteiger partial charge in [-0.1, -0.05) is 28.8 Å². The normalized spacial score (nSPS) is 16.4. The highest BCUT2D eigenvalue weighted by Crippen LogP contribution is 2.38. The van der Waals surface area contributed by atoms with Gasteiger partial charge in [0.1, 0.15) is 12.4 Å². The highest BCUT2D eigenvalue weighted by atomic mass is 79.9. The van der Waals surface area contributed by atoms with Crippen LogP contribution in [0.1, 0.15) is 30.9 Å². The lowest BCUT2D eigenvalue weighted by Crippen LogP contribution is -2.31. The van der Waals surface area contributed by atoms with Crippen LogP contribution in [-0.4, -0.2) is 17.6 Å². The molecule has 5 heteroatoms. The van der Waals surface area contributed by atoms with E-state index in [9.17, 15) is 9.18 Å². The fraction of sp³-hybridized carbons (Fsp3) is 0.462. The molecular weight excluding hydrogens is 301 g/mol. The van der Waals surface area contributed by atoms with Crippen molar-refractivity contribution >= 4 is 21.8 Å². The number of hydrogen-bond donors (Lipinski definition) is 2. The maximum absolute atomic E-state index is 13.4. The molecule has 0 saturated heterocycles. The molecule has 98 valence electrons. The average molecular weight is 316 g/mol. The van der Waals surface area contributed by atoms with Crippen LogP contribution in [0.3, 0.4) is 0 Å². The van der Waals surface area contributed by atoms with Crippen molar-refractivity contribution in [2.45, 2.75) is 25.3 Å². The van der Waals surface area contributed by atoms with Crippen molar-refractivity contribution < 1.29 is 14.3 Å². The molecule has 2 rings (SSSR count). The van der Waals surface area contributed by atoms with Crippen molar-refractivity contribution in [2.24, 2.45) is 5.92 Å². The van der Waals surface area contributed by atoms with Crippen LogP contribution in [-0.2, 0) is 4.79 Å². The third-order valence-corrected chi connectivity index (χ3v) is 3.49. The van der Waals surface area contributed by atoms with E-state index in [-0.39, 0.29) is 11.9 Å². The summed E-state index contributed by atoms with van der Waals surface area (Å²) in [7, 11) is 0. The van der Waals surface area contributed by atoms with Gasteiger partial charge >= 0.3 is 0 Å². The Morgan fingerprint density at radius 1 is 1.50 bits per heavy atom. The molecule has 3 nitrogen and oxygen atoms in total. The second-order valence-corrected chi connectivity index (χ2v) is 5.58. The molecule has 1 amide bonds. The summed E-state index contributed by atoms with van der Waals surface area (Å²) in [6.07, 6.45) is 3.10. The van der Waals surface area contributed by atoms with E-state index in [1.807, 2.05) is 0 Å². The largest absolute Gasteiger partial charge is 0.387 e. The van der Waals surface area contributed by atoms with Crippen LogP contribution in [0.25, 0.3) is 0 Å². The minimum absolute atomic E-state index is 0.232. The fourth-order valence-electron chi connectivity index (χ4n) is 1.98. The summed E-state index contributed by atoms with van der Waals surface area (Å²) in [5, 5.41) is 11.5. The van der Waals surface area contributed by atoms with Crippen LogP contribution in [0, 0.1) is 11.7 Å². The van der Waals surface area contributed by atoms with Gasteiger partial charge in [0, 0.05) is 4.47 Å². The first-order valence-corrected chi connectivity index (χ1v) is 6.74. The molecule has 0 heterocycles. The number of carbonyl (C=O) groups excluding carboxylic acids is 1. The number of amides is 1. The Balaban J connectivity index is 2.17. The summed E-state index contributed by atoms with van der Waals surface area (Å²) in [5.41, 5.74) is 0.732. The number of carbonyl (C=O) groups is 1. The lowest BCUT2D eigenvalue weighted by atomic mass is 10.0. The van der Waals surface area contributed by atoms with E-state index < -0.39 is 12.5 Å². The van der Waals surface area contributed by atoms with E-state index in [0.29, 0.717) is 10.4 Å². The van der Waals surface area contributed by atoms with Gasteiger partial charge in [-0.25, -0.2) is 4.39 Å². The van der Waals surface area contributed by atoms with Crippen molar-refractivity contribution in [1.82, 2.24) is 5.32 Å². The topological polar surface area (TPSA) is 49.3 Å². The number of rotatable bonds is 5. The van der Waals surface area contributed by atoms with Gasteiger partial charge < -0.3 is 10.4 Å². The van der Waals surface area contributed by atoms with Crippen molar-refractivity contribution in [2.75, 3.05) is 6.61 Å². The lowest BCUT2D eigenvalue weighted by molar-refractivity contribution is -0.124. The minimum atomic E-state index is -0.544. The van der Waals surface area contributed by atoms with E-state index in [1.54, 1.807) is 6.07 Å². The van der Waals surface area contributed by atoms with Gasteiger partial charge in [-0.05, 0) is 36.1 Å². The molecule has 1 atom stereocenters. The second kappa shape index (κ2) is 5.80. The molecule has 1 aromatic rings. The summed E-state index contributed by atoms with van der Waals surface area (Å²) in [5.74, 6) is -0.171. The fourth-order valence-corrected chi connectivity index (χ4v) is 2.46. The van der Waals surface area contributed by atoms with E-state index >= 15 is 0 Å². The predicted octanol–water partition coefficient (Wildman–Crippen LogP) is 2.54. The third kappa shape index (κ3) is 3.78. The maximum atomic E-state index is 13.4. The van der Waals surface area contributed by atoms with Crippen molar-refractivity contribution in [3.63, 3.8) is 0 Å². The van der Waals surface area contributed by atoms with Gasteiger partial charge in [0.15, 0.2) is 0 Å². The molecule has 0 spiro atoms. The first kappa shape index (κ1) is 13.5. The number of halogens is 2. The molecule has 1 aliphatic carbocycles. The molecule has 0 bridgehead atoms. The lowest BCUT2D eigenvalue weighted by Gasteiger charge is -2.19. The zero-order chi connectivity index (χ0) is 13.1. The Morgan fingerprint density at radius 2 is 2.22 bits per heavy atom. The van der Waals surface area contributed by atoms with E-state index in [0.717, 1.165) is 24.8 Å². The van der Waals surface area contributed by atoms with Crippen LogP contribution in [0.2, 0.25) is 0 Å². The van der Waals surface area contributed by atoms with Gasteiger partial charge in [0.05, 0.1) is 6.04 Å². The summed E-state index contributed by atoms with van der Waals surface area (Å²) < 4.78 is 14.0. The van der Waals surface area contributed by atoms with E-state index in [4.69, 9.17) is 5.11 Å². The van der Waals surface area contributed by atoms with E-state index in [1.165, 1.54) is 12.1 Å². The molecule has 0 aromatic heterocycles. The number of aliphatic hydroxyl groups is 1. The number of aliphatic hydroxyl groups excluding tert-OH is 1. The van der Waals surface area contributed by atoms with Crippen LogP contribution in [0.15, 0.2) is 22.7 Å². The summed E-state index contributed by atoms with van der Waals surface area (Å²) in [4.78, 5) is 11.3. The quantitative estimate of drug-likeness (QED) is 0.877. The molecule has 1 saturated carbocycles. The standard InChI is InChI=1S/C13H15BrFNO2/c14-10-4-9(5-11(15)6-10)12(3-8-1-2-8)16-13(18)7-17/h4-6,8,12,17H,1-3,7H2,(H,16,18). The molecule has 2 N–H and O–H groups in total. The van der Waals surface area contributed by atoms with Gasteiger partial charge in [-0.3, -0.25) is 4.79 Å². The number of hydrogen-bond acceptors (Lipinski definition) is 2. The van der Waals surface area contributed by atoms with Gasteiger partial charge in [-0.15, -0.1) is 0 Å². The highest BCUT2D eigenvalue weighted by molar-refractivity contribution is 9.10. The molecule has 1 aromatic carbocycles. The SMILES string of the molecule is O=C(CO)NC(CC1CC1)c1cc(F)cc(Br)c1. The predicted molar refractivity (Wildman–Crippen MR) is 69.4 cm³/mol. The van der Waals surface area contributed by atoms with Crippen molar-refractivity contribution in [1.29, 1.82) is 0 Å². The average Bonchev–Trinajstić information content (AvgIpc) is 3.10. The van der Waals surface area contributed by atoms with Gasteiger partial charge in [-0.2, -0.15) is 0 Å². The summed E-state index contributed by atoms with van der Waals surface area (Å²) >= 11 is 3.24. The summed E-state index contributed by atoms with van der Waals surface area (Å²) in [6, 6.07) is 4.37. The Bertz CT molecular complexity index is 428. The van der Waals surface area contributed by atoms with Gasteiger partial charge in [0.25, 0.3) is 0 Å². The van der Waals surface area contributed by atoms with Crippen molar-refractivity contribution in [3.8, 4) is 0 Å². The zero-order valence-corrected chi connectivity index (χ0v) is 11.4. The minimum Gasteiger partial charge on any atom is -0.387 e.